The van der Waals surface area contributed by atoms with Gasteiger partial charge in [-0.1, -0.05) is 6.07 Å². The van der Waals surface area contributed by atoms with E-state index in [1.165, 1.54) is 12.1 Å². The normalized spacial score (nSPS) is 16.4. The quantitative estimate of drug-likeness (QED) is 0.900. The van der Waals surface area contributed by atoms with E-state index in [2.05, 4.69) is 5.32 Å². The lowest BCUT2D eigenvalue weighted by atomic mass is 10.1. The van der Waals surface area contributed by atoms with Gasteiger partial charge in [-0.15, -0.1) is 0 Å². The van der Waals surface area contributed by atoms with Crippen molar-refractivity contribution in [1.29, 1.82) is 0 Å². The van der Waals surface area contributed by atoms with Gasteiger partial charge in [0.05, 0.1) is 0 Å². The summed E-state index contributed by atoms with van der Waals surface area (Å²) >= 11 is 0. The number of halogens is 2. The maximum absolute atomic E-state index is 13.6. The summed E-state index contributed by atoms with van der Waals surface area (Å²) in [6, 6.07) is 3.31. The maximum Gasteiger partial charge on any atom is 0.223 e. The van der Waals surface area contributed by atoms with Gasteiger partial charge in [0.1, 0.15) is 11.6 Å². The molecule has 1 saturated heterocycles. The first-order valence-electron chi connectivity index (χ1n) is 7.04. The van der Waals surface area contributed by atoms with Crippen LogP contribution in [0.25, 0.3) is 0 Å². The second kappa shape index (κ2) is 6.79. The molecule has 0 aliphatic carbocycles. The first-order chi connectivity index (χ1) is 9.58. The second-order valence-electron chi connectivity index (χ2n) is 5.18. The number of nitrogens with zero attached hydrogens (tertiary/aromatic N) is 1. The van der Waals surface area contributed by atoms with Gasteiger partial charge < -0.3 is 10.2 Å². The molecule has 0 aromatic heterocycles. The van der Waals surface area contributed by atoms with Gasteiger partial charge in [0.15, 0.2) is 0 Å². The molecular formula is C15H20F2N2O. The van der Waals surface area contributed by atoms with Crippen molar-refractivity contribution in [3.8, 4) is 0 Å². The lowest BCUT2D eigenvalue weighted by Crippen LogP contribution is -2.31. The van der Waals surface area contributed by atoms with E-state index in [4.69, 9.17) is 0 Å². The van der Waals surface area contributed by atoms with Crippen LogP contribution in [0.2, 0.25) is 0 Å². The van der Waals surface area contributed by atoms with Gasteiger partial charge in [-0.25, -0.2) is 8.78 Å². The van der Waals surface area contributed by atoms with E-state index in [0.29, 0.717) is 18.5 Å². The molecule has 1 atom stereocenters. The van der Waals surface area contributed by atoms with Crippen LogP contribution in [-0.2, 0) is 4.79 Å². The highest BCUT2D eigenvalue weighted by atomic mass is 19.1. The molecule has 5 heteroatoms. The SMILES string of the molecule is CC(NCCC(=O)N1CCCC1)c1ccc(F)cc1F. The molecule has 1 aliphatic rings. The molecule has 1 aromatic rings. The summed E-state index contributed by atoms with van der Waals surface area (Å²) in [5.41, 5.74) is 0.417. The van der Waals surface area contributed by atoms with Crippen molar-refractivity contribution >= 4 is 5.91 Å². The van der Waals surface area contributed by atoms with E-state index >= 15 is 0 Å². The second-order valence-corrected chi connectivity index (χ2v) is 5.18. The van der Waals surface area contributed by atoms with Crippen LogP contribution in [0.4, 0.5) is 8.78 Å². The number of benzene rings is 1. The lowest BCUT2D eigenvalue weighted by Gasteiger charge is -2.18. The van der Waals surface area contributed by atoms with Crippen LogP contribution in [0.3, 0.4) is 0 Å². The monoisotopic (exact) mass is 282 g/mol. The number of nitrogens with one attached hydrogen (secondary N) is 1. The Hall–Kier alpha value is -1.49. The van der Waals surface area contributed by atoms with E-state index in [0.717, 1.165) is 32.0 Å². The van der Waals surface area contributed by atoms with Crippen molar-refractivity contribution < 1.29 is 13.6 Å². The molecule has 0 radical (unpaired) electrons. The largest absolute Gasteiger partial charge is 0.343 e. The van der Waals surface area contributed by atoms with Gasteiger partial charge in [-0.05, 0) is 25.8 Å². The highest BCUT2D eigenvalue weighted by Crippen LogP contribution is 2.17. The van der Waals surface area contributed by atoms with Crippen LogP contribution >= 0.6 is 0 Å². The predicted octanol–water partition coefficient (Wildman–Crippen LogP) is 2.63. The molecule has 0 saturated carbocycles. The Kier molecular flexibility index (Phi) is 5.06. The summed E-state index contributed by atoms with van der Waals surface area (Å²) in [6.45, 7) is 3.99. The van der Waals surface area contributed by atoms with Crippen molar-refractivity contribution in [2.24, 2.45) is 0 Å². The molecule has 110 valence electrons. The molecular weight excluding hydrogens is 262 g/mol. The highest BCUT2D eigenvalue weighted by molar-refractivity contribution is 5.76. The Bertz CT molecular complexity index is 473. The molecule has 2 rings (SSSR count). The zero-order valence-electron chi connectivity index (χ0n) is 11.7. The average Bonchev–Trinajstić information content (AvgIpc) is 2.92. The number of hydrogen-bond donors (Lipinski definition) is 1. The molecule has 1 amide bonds. The topological polar surface area (TPSA) is 32.3 Å². The van der Waals surface area contributed by atoms with Gasteiger partial charge in [0.2, 0.25) is 5.91 Å². The third-order valence-corrected chi connectivity index (χ3v) is 3.68. The minimum absolute atomic E-state index is 0.141. The van der Waals surface area contributed by atoms with Crippen molar-refractivity contribution in [3.05, 3.63) is 35.4 Å². The summed E-state index contributed by atoms with van der Waals surface area (Å²) in [7, 11) is 0. The minimum atomic E-state index is -0.581. The number of carbonyl (C=O) groups excluding carboxylic acids is 1. The van der Waals surface area contributed by atoms with E-state index < -0.39 is 11.6 Å². The van der Waals surface area contributed by atoms with Crippen LogP contribution in [0.1, 0.15) is 37.8 Å². The van der Waals surface area contributed by atoms with E-state index in [1.807, 2.05) is 4.90 Å². The molecule has 1 N–H and O–H groups in total. The Labute approximate surface area is 118 Å². The Balaban J connectivity index is 1.79. The fourth-order valence-corrected chi connectivity index (χ4v) is 2.48. The van der Waals surface area contributed by atoms with E-state index in [1.54, 1.807) is 6.92 Å². The Morgan fingerprint density at radius 3 is 2.70 bits per heavy atom. The average molecular weight is 282 g/mol. The number of carbonyl (C=O) groups is 1. The number of rotatable bonds is 5. The molecule has 1 aromatic carbocycles. The molecule has 1 fully saturated rings. The Morgan fingerprint density at radius 2 is 2.05 bits per heavy atom. The first kappa shape index (κ1) is 14.9. The molecule has 1 unspecified atom stereocenters. The van der Waals surface area contributed by atoms with Crippen LogP contribution in [-0.4, -0.2) is 30.4 Å². The minimum Gasteiger partial charge on any atom is -0.343 e. The van der Waals surface area contributed by atoms with Gasteiger partial charge >= 0.3 is 0 Å². The highest BCUT2D eigenvalue weighted by Gasteiger charge is 2.18. The van der Waals surface area contributed by atoms with Crippen LogP contribution in [0, 0.1) is 11.6 Å². The van der Waals surface area contributed by atoms with Gasteiger partial charge in [0.25, 0.3) is 0 Å². The standard InChI is InChI=1S/C15H20F2N2O/c1-11(13-5-4-12(16)10-14(13)17)18-7-6-15(20)19-8-2-3-9-19/h4-5,10-11,18H,2-3,6-9H2,1H3. The third kappa shape index (κ3) is 3.76. The van der Waals surface area contributed by atoms with Crippen molar-refractivity contribution in [3.63, 3.8) is 0 Å². The summed E-state index contributed by atoms with van der Waals surface area (Å²) in [5, 5.41) is 3.10. The number of amides is 1. The van der Waals surface area contributed by atoms with Crippen LogP contribution < -0.4 is 5.32 Å². The molecule has 3 nitrogen and oxygen atoms in total. The zero-order chi connectivity index (χ0) is 14.5. The number of likely N-dealkylation sites (tertiary alicyclic amines) is 1. The Morgan fingerprint density at radius 1 is 1.35 bits per heavy atom. The smallest absolute Gasteiger partial charge is 0.223 e. The fraction of sp³-hybridized carbons (Fsp3) is 0.533. The molecule has 0 bridgehead atoms. The summed E-state index contributed by atoms with van der Waals surface area (Å²) in [5.74, 6) is -1.000. The van der Waals surface area contributed by atoms with E-state index in [-0.39, 0.29) is 11.9 Å². The molecule has 1 heterocycles. The molecule has 20 heavy (non-hydrogen) atoms. The first-order valence-corrected chi connectivity index (χ1v) is 7.04. The number of hydrogen-bond acceptors (Lipinski definition) is 2. The van der Waals surface area contributed by atoms with Gasteiger partial charge in [-0.2, -0.15) is 0 Å². The van der Waals surface area contributed by atoms with Gasteiger partial charge in [0, 0.05) is 43.7 Å². The summed E-state index contributed by atoms with van der Waals surface area (Å²) in [6.07, 6.45) is 2.57. The van der Waals surface area contributed by atoms with Crippen LogP contribution in [0.5, 0.6) is 0 Å². The summed E-state index contributed by atoms with van der Waals surface area (Å²) in [4.78, 5) is 13.7. The predicted molar refractivity (Wildman–Crippen MR) is 73.2 cm³/mol. The van der Waals surface area contributed by atoms with Crippen molar-refractivity contribution in [2.45, 2.75) is 32.2 Å². The lowest BCUT2D eigenvalue weighted by molar-refractivity contribution is -0.130. The third-order valence-electron chi connectivity index (χ3n) is 3.68. The summed E-state index contributed by atoms with van der Waals surface area (Å²) < 4.78 is 26.4. The molecule has 0 spiro atoms. The zero-order valence-corrected chi connectivity index (χ0v) is 11.7. The fourth-order valence-electron chi connectivity index (χ4n) is 2.48. The van der Waals surface area contributed by atoms with Crippen molar-refractivity contribution in [2.75, 3.05) is 19.6 Å². The maximum atomic E-state index is 13.6. The van der Waals surface area contributed by atoms with Gasteiger partial charge in [-0.3, -0.25) is 4.79 Å². The van der Waals surface area contributed by atoms with E-state index in [9.17, 15) is 13.6 Å². The van der Waals surface area contributed by atoms with Crippen LogP contribution in [0.15, 0.2) is 18.2 Å². The molecule has 1 aliphatic heterocycles. The van der Waals surface area contributed by atoms with Crippen molar-refractivity contribution in [1.82, 2.24) is 10.2 Å².